The van der Waals surface area contributed by atoms with E-state index in [1.54, 1.807) is 0 Å². The van der Waals surface area contributed by atoms with Gasteiger partial charge in [0.1, 0.15) is 0 Å². The minimum Gasteiger partial charge on any atom is -0.376 e. The van der Waals surface area contributed by atoms with E-state index < -0.39 is 0 Å². The predicted molar refractivity (Wildman–Crippen MR) is 71.9 cm³/mol. The molecule has 0 radical (unpaired) electrons. The highest BCUT2D eigenvalue weighted by Gasteiger charge is 2.04. The van der Waals surface area contributed by atoms with Gasteiger partial charge in [-0.2, -0.15) is 0 Å². The molecule has 0 aliphatic carbocycles. The van der Waals surface area contributed by atoms with Crippen molar-refractivity contribution >= 4 is 0 Å². The Morgan fingerprint density at radius 2 is 2.00 bits per heavy atom. The molecule has 0 saturated carbocycles. The first-order valence-electron chi connectivity index (χ1n) is 6.34. The molecule has 1 atom stereocenters. The minimum atomic E-state index is 0.158. The molecule has 0 fully saturated rings. The van der Waals surface area contributed by atoms with Crippen LogP contribution in [0.2, 0.25) is 0 Å². The Morgan fingerprint density at radius 1 is 1.29 bits per heavy atom. The number of hydrogen-bond acceptors (Lipinski definition) is 3. The largest absolute Gasteiger partial charge is 0.376 e. The van der Waals surface area contributed by atoms with Crippen molar-refractivity contribution in [2.24, 2.45) is 5.73 Å². The third kappa shape index (κ3) is 5.82. The summed E-state index contributed by atoms with van der Waals surface area (Å²) in [6, 6.07) is 10.5. The van der Waals surface area contributed by atoms with Crippen LogP contribution in [-0.2, 0) is 11.3 Å². The van der Waals surface area contributed by atoms with E-state index in [1.165, 1.54) is 5.56 Å². The fourth-order valence-corrected chi connectivity index (χ4v) is 1.64. The quantitative estimate of drug-likeness (QED) is 0.749. The fourth-order valence-electron chi connectivity index (χ4n) is 1.64. The summed E-state index contributed by atoms with van der Waals surface area (Å²) < 4.78 is 5.59. The molecule has 0 aliphatic heterocycles. The van der Waals surface area contributed by atoms with Gasteiger partial charge in [0.05, 0.1) is 12.7 Å². The summed E-state index contributed by atoms with van der Waals surface area (Å²) in [4.78, 5) is 2.37. The molecule has 3 nitrogen and oxygen atoms in total. The Morgan fingerprint density at radius 3 is 2.59 bits per heavy atom. The molecule has 0 spiro atoms. The van der Waals surface area contributed by atoms with Crippen molar-refractivity contribution in [1.82, 2.24) is 4.90 Å². The molecular weight excluding hydrogens is 212 g/mol. The summed E-state index contributed by atoms with van der Waals surface area (Å²) in [6.07, 6.45) is 0.158. The molecule has 1 rings (SSSR count). The molecule has 0 bridgehead atoms. The van der Waals surface area contributed by atoms with Gasteiger partial charge in [0.25, 0.3) is 0 Å². The van der Waals surface area contributed by atoms with Crippen molar-refractivity contribution < 1.29 is 4.74 Å². The lowest BCUT2D eigenvalue weighted by molar-refractivity contribution is 0.0529. The van der Waals surface area contributed by atoms with Crippen LogP contribution >= 0.6 is 0 Å². The third-order valence-electron chi connectivity index (χ3n) is 2.84. The first kappa shape index (κ1) is 14.2. The second-order valence-corrected chi connectivity index (χ2v) is 4.27. The molecule has 1 aromatic rings. The Hall–Kier alpha value is -0.900. The molecule has 17 heavy (non-hydrogen) atoms. The Bertz CT molecular complexity index is 290. The number of nitrogens with zero attached hydrogens (tertiary/aromatic N) is 1. The average Bonchev–Trinajstić information content (AvgIpc) is 2.38. The summed E-state index contributed by atoms with van der Waals surface area (Å²) in [7, 11) is 0. The van der Waals surface area contributed by atoms with Gasteiger partial charge in [0, 0.05) is 19.6 Å². The van der Waals surface area contributed by atoms with Gasteiger partial charge in [0.15, 0.2) is 0 Å². The molecule has 0 heterocycles. The van der Waals surface area contributed by atoms with Gasteiger partial charge >= 0.3 is 0 Å². The summed E-state index contributed by atoms with van der Waals surface area (Å²) in [5.41, 5.74) is 6.85. The van der Waals surface area contributed by atoms with E-state index in [9.17, 15) is 0 Å². The molecule has 1 aromatic carbocycles. The highest BCUT2D eigenvalue weighted by Crippen LogP contribution is 2.04. The van der Waals surface area contributed by atoms with Gasteiger partial charge in [-0.1, -0.05) is 37.3 Å². The summed E-state index contributed by atoms with van der Waals surface area (Å²) in [6.45, 7) is 8.50. The number of nitrogens with two attached hydrogens (primary N) is 1. The average molecular weight is 236 g/mol. The molecule has 96 valence electrons. The van der Waals surface area contributed by atoms with Crippen molar-refractivity contribution in [3.05, 3.63) is 35.9 Å². The van der Waals surface area contributed by atoms with E-state index >= 15 is 0 Å². The number of ether oxygens (including phenoxy) is 1. The zero-order valence-electron chi connectivity index (χ0n) is 10.9. The van der Waals surface area contributed by atoms with Crippen LogP contribution in [0.15, 0.2) is 30.3 Å². The van der Waals surface area contributed by atoms with E-state index in [0.717, 1.165) is 26.2 Å². The Labute approximate surface area is 105 Å². The van der Waals surface area contributed by atoms with Crippen LogP contribution in [0.3, 0.4) is 0 Å². The predicted octanol–water partition coefficient (Wildman–Crippen LogP) is 1.87. The number of rotatable bonds is 8. The van der Waals surface area contributed by atoms with Gasteiger partial charge < -0.3 is 10.5 Å². The number of benzene rings is 1. The third-order valence-corrected chi connectivity index (χ3v) is 2.84. The van der Waals surface area contributed by atoms with Crippen molar-refractivity contribution in [3.8, 4) is 0 Å². The van der Waals surface area contributed by atoms with E-state index in [0.29, 0.717) is 6.54 Å². The SMILES string of the molecule is CCN(CCOC(C)CN)Cc1ccccc1. The first-order valence-corrected chi connectivity index (χ1v) is 6.34. The molecular formula is C14H24N2O. The Kier molecular flexibility index (Phi) is 6.86. The van der Waals surface area contributed by atoms with Gasteiger partial charge in [0.2, 0.25) is 0 Å². The van der Waals surface area contributed by atoms with E-state index in [4.69, 9.17) is 10.5 Å². The lowest BCUT2D eigenvalue weighted by Gasteiger charge is -2.21. The van der Waals surface area contributed by atoms with Crippen molar-refractivity contribution in [3.63, 3.8) is 0 Å². The standard InChI is InChI=1S/C14H24N2O/c1-3-16(9-10-17-13(2)11-15)12-14-7-5-4-6-8-14/h4-8,13H,3,9-12,15H2,1-2H3. The van der Waals surface area contributed by atoms with Gasteiger partial charge in [-0.15, -0.1) is 0 Å². The normalized spacial score (nSPS) is 12.9. The number of hydrogen-bond donors (Lipinski definition) is 1. The summed E-state index contributed by atoms with van der Waals surface area (Å²) in [5.74, 6) is 0. The molecule has 0 aliphatic rings. The fraction of sp³-hybridized carbons (Fsp3) is 0.571. The highest BCUT2D eigenvalue weighted by molar-refractivity contribution is 5.14. The first-order chi connectivity index (χ1) is 8.26. The molecule has 0 amide bonds. The molecule has 2 N–H and O–H groups in total. The van der Waals surface area contributed by atoms with Gasteiger partial charge in [-0.05, 0) is 19.0 Å². The lowest BCUT2D eigenvalue weighted by Crippen LogP contribution is -2.29. The van der Waals surface area contributed by atoms with Crippen LogP contribution in [-0.4, -0.2) is 37.2 Å². The molecule has 0 saturated heterocycles. The summed E-state index contributed by atoms with van der Waals surface area (Å²) >= 11 is 0. The van der Waals surface area contributed by atoms with Gasteiger partial charge in [-0.25, -0.2) is 0 Å². The van der Waals surface area contributed by atoms with Crippen LogP contribution < -0.4 is 5.73 Å². The zero-order valence-corrected chi connectivity index (χ0v) is 10.9. The van der Waals surface area contributed by atoms with Crippen LogP contribution in [0.4, 0.5) is 0 Å². The summed E-state index contributed by atoms with van der Waals surface area (Å²) in [5, 5.41) is 0. The van der Waals surface area contributed by atoms with Crippen molar-refractivity contribution in [2.75, 3.05) is 26.2 Å². The maximum Gasteiger partial charge on any atom is 0.0669 e. The van der Waals surface area contributed by atoms with E-state index in [2.05, 4.69) is 36.1 Å². The molecule has 0 aromatic heterocycles. The lowest BCUT2D eigenvalue weighted by atomic mass is 10.2. The van der Waals surface area contributed by atoms with Crippen LogP contribution in [0, 0.1) is 0 Å². The van der Waals surface area contributed by atoms with Crippen LogP contribution in [0.1, 0.15) is 19.4 Å². The minimum absolute atomic E-state index is 0.158. The van der Waals surface area contributed by atoms with Crippen LogP contribution in [0.5, 0.6) is 0 Å². The van der Waals surface area contributed by atoms with Crippen molar-refractivity contribution in [2.45, 2.75) is 26.5 Å². The van der Waals surface area contributed by atoms with Crippen LogP contribution in [0.25, 0.3) is 0 Å². The van der Waals surface area contributed by atoms with Crippen molar-refractivity contribution in [1.29, 1.82) is 0 Å². The second-order valence-electron chi connectivity index (χ2n) is 4.27. The smallest absolute Gasteiger partial charge is 0.0669 e. The highest BCUT2D eigenvalue weighted by atomic mass is 16.5. The number of likely N-dealkylation sites (N-methyl/N-ethyl adjacent to an activating group) is 1. The van der Waals surface area contributed by atoms with E-state index in [1.807, 2.05) is 13.0 Å². The Balaban J connectivity index is 2.29. The molecule has 3 heteroatoms. The maximum atomic E-state index is 5.59. The monoisotopic (exact) mass is 236 g/mol. The zero-order chi connectivity index (χ0) is 12.5. The second kappa shape index (κ2) is 8.23. The maximum absolute atomic E-state index is 5.59. The van der Waals surface area contributed by atoms with E-state index in [-0.39, 0.29) is 6.10 Å². The van der Waals surface area contributed by atoms with Gasteiger partial charge in [-0.3, -0.25) is 4.90 Å². The molecule has 1 unspecified atom stereocenters. The topological polar surface area (TPSA) is 38.5 Å².